The average molecular weight is 187 g/mol. The Balaban J connectivity index is 2.65. The molecule has 14 heavy (non-hydrogen) atoms. The highest BCUT2D eigenvalue weighted by Crippen LogP contribution is 2.08. The molecule has 0 aliphatic heterocycles. The molecule has 0 radical (unpaired) electrons. The molecule has 0 aliphatic rings. The van der Waals surface area contributed by atoms with Gasteiger partial charge in [0.2, 0.25) is 0 Å². The maximum atomic E-state index is 8.82. The highest BCUT2D eigenvalue weighted by Gasteiger charge is 2.06. The van der Waals surface area contributed by atoms with Crippen molar-refractivity contribution in [3.8, 4) is 6.07 Å². The lowest BCUT2D eigenvalue weighted by molar-refractivity contribution is 0.821. The van der Waals surface area contributed by atoms with Crippen molar-refractivity contribution in [3.05, 3.63) is 29.7 Å². The van der Waals surface area contributed by atoms with E-state index in [0.717, 1.165) is 11.2 Å². The Hall–Kier alpha value is -1.93. The van der Waals surface area contributed by atoms with Crippen molar-refractivity contribution >= 4 is 5.65 Å². The van der Waals surface area contributed by atoms with Crippen molar-refractivity contribution in [3.63, 3.8) is 0 Å². The smallest absolute Gasteiger partial charge is 0.160 e. The van der Waals surface area contributed by atoms with E-state index in [2.05, 4.69) is 21.5 Å². The van der Waals surface area contributed by atoms with Crippen molar-refractivity contribution < 1.29 is 0 Å². The molecule has 0 saturated heterocycles. The van der Waals surface area contributed by atoms with Gasteiger partial charge in [-0.3, -0.25) is 0 Å². The molecule has 0 fully saturated rings. The van der Waals surface area contributed by atoms with Crippen LogP contribution < -0.4 is 5.32 Å². The summed E-state index contributed by atoms with van der Waals surface area (Å²) in [6, 6.07) is 3.71. The molecular formula is C9H9N5. The van der Waals surface area contributed by atoms with Gasteiger partial charge in [0.05, 0.1) is 6.20 Å². The van der Waals surface area contributed by atoms with Gasteiger partial charge in [0.15, 0.2) is 5.65 Å². The first-order valence-electron chi connectivity index (χ1n) is 4.23. The molecule has 2 aromatic rings. The summed E-state index contributed by atoms with van der Waals surface area (Å²) in [5.41, 5.74) is 2.22. The lowest BCUT2D eigenvalue weighted by Crippen LogP contribution is -2.05. The zero-order chi connectivity index (χ0) is 9.97. The van der Waals surface area contributed by atoms with Crippen LogP contribution in [0.25, 0.3) is 5.65 Å². The van der Waals surface area contributed by atoms with Crippen LogP contribution in [-0.4, -0.2) is 21.6 Å². The molecule has 2 heterocycles. The summed E-state index contributed by atoms with van der Waals surface area (Å²) in [6.07, 6.45) is 3.34. The summed E-state index contributed by atoms with van der Waals surface area (Å²) in [5.74, 6) is 0. The molecule has 5 heteroatoms. The molecule has 2 aromatic heterocycles. The molecule has 0 unspecified atom stereocenters. The number of nitrogens with one attached hydrogen (secondary N) is 1. The summed E-state index contributed by atoms with van der Waals surface area (Å²) in [6.45, 7) is 0.700. The largest absolute Gasteiger partial charge is 0.315 e. The molecule has 0 saturated carbocycles. The zero-order valence-electron chi connectivity index (χ0n) is 7.73. The second-order valence-electron chi connectivity index (χ2n) is 2.88. The lowest BCUT2D eigenvalue weighted by atomic mass is 10.3. The van der Waals surface area contributed by atoms with Crippen molar-refractivity contribution in [2.24, 2.45) is 0 Å². The van der Waals surface area contributed by atoms with Crippen molar-refractivity contribution in [1.82, 2.24) is 19.9 Å². The van der Waals surface area contributed by atoms with Crippen LogP contribution in [0.3, 0.4) is 0 Å². The number of hydrogen-bond donors (Lipinski definition) is 1. The maximum absolute atomic E-state index is 8.82. The number of rotatable bonds is 2. The van der Waals surface area contributed by atoms with Crippen LogP contribution in [0, 0.1) is 11.3 Å². The van der Waals surface area contributed by atoms with Gasteiger partial charge in [0, 0.05) is 18.3 Å². The Bertz CT molecular complexity index is 493. The Kier molecular flexibility index (Phi) is 2.13. The van der Waals surface area contributed by atoms with E-state index in [1.54, 1.807) is 23.0 Å². The first-order chi connectivity index (χ1) is 6.86. The number of nitrogens with zero attached hydrogens (tertiary/aromatic N) is 4. The van der Waals surface area contributed by atoms with Gasteiger partial charge in [0.1, 0.15) is 11.8 Å². The Morgan fingerprint density at radius 1 is 1.64 bits per heavy atom. The number of aromatic nitrogens is 3. The number of fused-ring (bicyclic) bond motifs is 1. The molecule has 2 rings (SSSR count). The van der Waals surface area contributed by atoms with Crippen LogP contribution in [0.1, 0.15) is 11.3 Å². The van der Waals surface area contributed by atoms with Crippen LogP contribution in [0.15, 0.2) is 18.5 Å². The Labute approximate surface area is 81.0 Å². The summed E-state index contributed by atoms with van der Waals surface area (Å²) in [4.78, 5) is 4.18. The fourth-order valence-corrected chi connectivity index (χ4v) is 1.34. The Morgan fingerprint density at radius 3 is 3.21 bits per heavy atom. The van der Waals surface area contributed by atoms with Gasteiger partial charge in [-0.2, -0.15) is 10.4 Å². The Morgan fingerprint density at radius 2 is 2.50 bits per heavy atom. The second-order valence-corrected chi connectivity index (χ2v) is 2.88. The molecule has 70 valence electrons. The van der Waals surface area contributed by atoms with Crippen molar-refractivity contribution in [2.45, 2.75) is 6.54 Å². The molecule has 5 nitrogen and oxygen atoms in total. The van der Waals surface area contributed by atoms with Crippen molar-refractivity contribution in [2.75, 3.05) is 7.05 Å². The van der Waals surface area contributed by atoms with E-state index in [0.29, 0.717) is 12.2 Å². The topological polar surface area (TPSA) is 66.0 Å². The summed E-state index contributed by atoms with van der Waals surface area (Å²) >= 11 is 0. The van der Waals surface area contributed by atoms with Crippen LogP contribution in [0.4, 0.5) is 0 Å². The average Bonchev–Trinajstić information content (AvgIpc) is 2.62. The zero-order valence-corrected chi connectivity index (χ0v) is 7.73. The summed E-state index contributed by atoms with van der Waals surface area (Å²) in [5, 5.41) is 15.9. The molecule has 1 N–H and O–H groups in total. The minimum absolute atomic E-state index is 0.498. The van der Waals surface area contributed by atoms with Gasteiger partial charge < -0.3 is 5.32 Å². The van der Waals surface area contributed by atoms with Crippen LogP contribution in [0.2, 0.25) is 0 Å². The lowest BCUT2D eigenvalue weighted by Gasteiger charge is -1.97. The molecule has 0 atom stereocenters. The predicted molar refractivity (Wildman–Crippen MR) is 50.5 cm³/mol. The summed E-state index contributed by atoms with van der Waals surface area (Å²) < 4.78 is 1.55. The third-order valence-corrected chi connectivity index (χ3v) is 1.96. The second kappa shape index (κ2) is 3.44. The van der Waals surface area contributed by atoms with Gasteiger partial charge in [-0.15, -0.1) is 0 Å². The van der Waals surface area contributed by atoms with Crippen LogP contribution >= 0.6 is 0 Å². The quantitative estimate of drug-likeness (QED) is 0.735. The standard InChI is InChI=1S/C9H9N5/c1-11-5-7-6-13-14-8(4-10)2-3-12-9(7)14/h2-3,6,11H,5H2,1H3. The van der Waals surface area contributed by atoms with E-state index >= 15 is 0 Å². The monoisotopic (exact) mass is 187 g/mol. The van der Waals surface area contributed by atoms with Crippen LogP contribution in [0.5, 0.6) is 0 Å². The van der Waals surface area contributed by atoms with Crippen LogP contribution in [-0.2, 0) is 6.54 Å². The number of nitriles is 1. The fraction of sp³-hybridized carbons (Fsp3) is 0.222. The highest BCUT2D eigenvalue weighted by atomic mass is 15.3. The minimum Gasteiger partial charge on any atom is -0.315 e. The highest BCUT2D eigenvalue weighted by molar-refractivity contribution is 5.48. The molecule has 0 aromatic carbocycles. The first kappa shape index (κ1) is 8.66. The van der Waals surface area contributed by atoms with Crippen molar-refractivity contribution in [1.29, 1.82) is 5.26 Å². The van der Waals surface area contributed by atoms with E-state index in [-0.39, 0.29) is 0 Å². The van der Waals surface area contributed by atoms with Gasteiger partial charge >= 0.3 is 0 Å². The molecule has 0 spiro atoms. The van der Waals surface area contributed by atoms with E-state index in [4.69, 9.17) is 5.26 Å². The van der Waals surface area contributed by atoms with E-state index in [9.17, 15) is 0 Å². The van der Waals surface area contributed by atoms with E-state index in [1.165, 1.54) is 0 Å². The molecule has 0 aliphatic carbocycles. The molecule has 0 amide bonds. The number of hydrogen-bond acceptors (Lipinski definition) is 4. The summed E-state index contributed by atoms with van der Waals surface area (Å²) in [7, 11) is 1.86. The van der Waals surface area contributed by atoms with E-state index in [1.807, 2.05) is 7.05 Å². The van der Waals surface area contributed by atoms with Gasteiger partial charge in [0.25, 0.3) is 0 Å². The molecular weight excluding hydrogens is 178 g/mol. The predicted octanol–water partition coefficient (Wildman–Crippen LogP) is 0.320. The third-order valence-electron chi connectivity index (χ3n) is 1.96. The maximum Gasteiger partial charge on any atom is 0.160 e. The first-order valence-corrected chi connectivity index (χ1v) is 4.23. The SMILES string of the molecule is CNCc1cnn2c(C#N)ccnc12. The van der Waals surface area contributed by atoms with E-state index < -0.39 is 0 Å². The fourth-order valence-electron chi connectivity index (χ4n) is 1.34. The normalized spacial score (nSPS) is 10.3. The molecule has 0 bridgehead atoms. The minimum atomic E-state index is 0.498. The van der Waals surface area contributed by atoms with Gasteiger partial charge in [-0.1, -0.05) is 0 Å². The third kappa shape index (κ3) is 1.22. The van der Waals surface area contributed by atoms with Gasteiger partial charge in [-0.25, -0.2) is 9.50 Å². The van der Waals surface area contributed by atoms with Gasteiger partial charge in [-0.05, 0) is 13.1 Å².